The maximum absolute atomic E-state index is 12.7. The fraction of sp³-hybridized carbons (Fsp3) is 0.174. The van der Waals surface area contributed by atoms with E-state index in [9.17, 15) is 13.2 Å². The molecule has 3 aromatic rings. The van der Waals surface area contributed by atoms with E-state index >= 15 is 0 Å². The standard InChI is InChI=1S/C23H23ClN2O3S/c1-15-9-10-16(2)20(13-15)17(3)25-23(27)18-11-12-22(21(24)14-18)26-30(28,29)19-7-5-4-6-8-19/h4-14,17,26H,1-3H3,(H,25,27)/t17-/m1/s1. The van der Waals surface area contributed by atoms with Crippen molar-refractivity contribution in [2.24, 2.45) is 0 Å². The third kappa shape index (κ3) is 5.01. The van der Waals surface area contributed by atoms with Crippen molar-refractivity contribution in [1.82, 2.24) is 5.32 Å². The average molecular weight is 443 g/mol. The Kier molecular flexibility index (Phi) is 6.48. The molecule has 5 nitrogen and oxygen atoms in total. The molecule has 0 bridgehead atoms. The maximum atomic E-state index is 12.7. The van der Waals surface area contributed by atoms with E-state index in [4.69, 9.17) is 11.6 Å². The molecule has 0 radical (unpaired) electrons. The minimum Gasteiger partial charge on any atom is -0.346 e. The lowest BCUT2D eigenvalue weighted by molar-refractivity contribution is 0.0940. The SMILES string of the molecule is Cc1ccc(C)c([C@@H](C)NC(=O)c2ccc(NS(=O)(=O)c3ccccc3)c(Cl)c2)c1. The summed E-state index contributed by atoms with van der Waals surface area (Å²) >= 11 is 6.26. The van der Waals surface area contributed by atoms with Gasteiger partial charge in [-0.25, -0.2) is 8.42 Å². The van der Waals surface area contributed by atoms with Crippen LogP contribution in [0.25, 0.3) is 0 Å². The van der Waals surface area contributed by atoms with Crippen LogP contribution in [0.3, 0.4) is 0 Å². The van der Waals surface area contributed by atoms with Gasteiger partial charge in [-0.3, -0.25) is 9.52 Å². The summed E-state index contributed by atoms with van der Waals surface area (Å²) in [6, 6.07) is 18.4. The van der Waals surface area contributed by atoms with Crippen LogP contribution in [0.15, 0.2) is 71.6 Å². The molecule has 0 aliphatic carbocycles. The smallest absolute Gasteiger partial charge is 0.261 e. The lowest BCUT2D eigenvalue weighted by atomic mass is 9.99. The molecule has 0 aromatic heterocycles. The number of rotatable bonds is 6. The summed E-state index contributed by atoms with van der Waals surface area (Å²) in [7, 11) is -3.77. The van der Waals surface area contributed by atoms with E-state index in [0.717, 1.165) is 16.7 Å². The molecule has 0 aliphatic heterocycles. The van der Waals surface area contributed by atoms with E-state index in [2.05, 4.69) is 16.1 Å². The molecule has 0 spiro atoms. The Bertz CT molecular complexity index is 1180. The summed E-state index contributed by atoms with van der Waals surface area (Å²) in [5.41, 5.74) is 3.81. The zero-order valence-corrected chi connectivity index (χ0v) is 18.5. The second-order valence-corrected chi connectivity index (χ2v) is 9.26. The number of aryl methyl sites for hydroxylation is 2. The first-order valence-electron chi connectivity index (χ1n) is 9.43. The number of anilines is 1. The predicted molar refractivity (Wildman–Crippen MR) is 120 cm³/mol. The van der Waals surface area contributed by atoms with E-state index < -0.39 is 10.0 Å². The Morgan fingerprint density at radius 2 is 1.67 bits per heavy atom. The molecule has 156 valence electrons. The monoisotopic (exact) mass is 442 g/mol. The van der Waals surface area contributed by atoms with Gasteiger partial charge in [0.05, 0.1) is 21.6 Å². The van der Waals surface area contributed by atoms with Gasteiger partial charge in [-0.2, -0.15) is 0 Å². The van der Waals surface area contributed by atoms with Crippen LogP contribution >= 0.6 is 11.6 Å². The lowest BCUT2D eigenvalue weighted by Gasteiger charge is -2.18. The van der Waals surface area contributed by atoms with Crippen LogP contribution in [0.4, 0.5) is 5.69 Å². The number of nitrogens with one attached hydrogen (secondary N) is 2. The molecule has 1 amide bonds. The molecule has 0 saturated carbocycles. The molecule has 7 heteroatoms. The van der Waals surface area contributed by atoms with E-state index in [-0.39, 0.29) is 27.6 Å². The number of hydrogen-bond acceptors (Lipinski definition) is 3. The normalized spacial score (nSPS) is 12.3. The van der Waals surface area contributed by atoms with Crippen molar-refractivity contribution in [2.75, 3.05) is 4.72 Å². The molecule has 3 aromatic carbocycles. The van der Waals surface area contributed by atoms with Gasteiger partial charge >= 0.3 is 0 Å². The molecular weight excluding hydrogens is 420 g/mol. The van der Waals surface area contributed by atoms with Gasteiger partial charge in [-0.15, -0.1) is 0 Å². The van der Waals surface area contributed by atoms with Gasteiger partial charge in [0.2, 0.25) is 0 Å². The van der Waals surface area contributed by atoms with Crippen LogP contribution in [-0.4, -0.2) is 14.3 Å². The van der Waals surface area contributed by atoms with E-state index in [0.29, 0.717) is 5.56 Å². The molecule has 1 atom stereocenters. The van der Waals surface area contributed by atoms with Crippen molar-refractivity contribution in [3.05, 3.63) is 94.0 Å². The van der Waals surface area contributed by atoms with E-state index in [1.54, 1.807) is 24.3 Å². The number of benzene rings is 3. The van der Waals surface area contributed by atoms with Gasteiger partial charge in [-0.05, 0) is 62.2 Å². The predicted octanol–water partition coefficient (Wildman–Crippen LogP) is 5.25. The zero-order chi connectivity index (χ0) is 21.9. The lowest BCUT2D eigenvalue weighted by Crippen LogP contribution is -2.27. The van der Waals surface area contributed by atoms with Gasteiger partial charge in [0.25, 0.3) is 15.9 Å². The molecule has 2 N–H and O–H groups in total. The third-order valence-electron chi connectivity index (χ3n) is 4.78. The van der Waals surface area contributed by atoms with Crippen molar-refractivity contribution in [1.29, 1.82) is 0 Å². The highest BCUT2D eigenvalue weighted by Crippen LogP contribution is 2.26. The van der Waals surface area contributed by atoms with Gasteiger partial charge in [0.15, 0.2) is 0 Å². The second-order valence-electron chi connectivity index (χ2n) is 7.17. The zero-order valence-electron chi connectivity index (χ0n) is 16.9. The van der Waals surface area contributed by atoms with Crippen molar-refractivity contribution < 1.29 is 13.2 Å². The highest BCUT2D eigenvalue weighted by atomic mass is 35.5. The van der Waals surface area contributed by atoms with Crippen LogP contribution in [0.1, 0.15) is 40.0 Å². The largest absolute Gasteiger partial charge is 0.346 e. The van der Waals surface area contributed by atoms with Gasteiger partial charge < -0.3 is 5.32 Å². The highest BCUT2D eigenvalue weighted by Gasteiger charge is 2.18. The minimum atomic E-state index is -3.77. The van der Waals surface area contributed by atoms with Crippen LogP contribution < -0.4 is 10.0 Å². The molecule has 0 unspecified atom stereocenters. The first kappa shape index (κ1) is 21.9. The summed E-state index contributed by atoms with van der Waals surface area (Å²) in [6.07, 6.45) is 0. The summed E-state index contributed by atoms with van der Waals surface area (Å²) in [5, 5.41) is 3.11. The topological polar surface area (TPSA) is 75.3 Å². The number of sulfonamides is 1. The van der Waals surface area contributed by atoms with Crippen molar-refractivity contribution in [3.8, 4) is 0 Å². The quantitative estimate of drug-likeness (QED) is 0.547. The molecule has 30 heavy (non-hydrogen) atoms. The summed E-state index contributed by atoms with van der Waals surface area (Å²) in [4.78, 5) is 12.8. The number of hydrogen-bond donors (Lipinski definition) is 2. The summed E-state index contributed by atoms with van der Waals surface area (Å²) < 4.78 is 27.4. The Morgan fingerprint density at radius 3 is 2.33 bits per heavy atom. The Balaban J connectivity index is 1.76. The first-order valence-corrected chi connectivity index (χ1v) is 11.3. The van der Waals surface area contributed by atoms with Gasteiger partial charge in [0, 0.05) is 5.56 Å². The molecule has 3 rings (SSSR count). The van der Waals surface area contributed by atoms with Gasteiger partial charge in [-0.1, -0.05) is 53.6 Å². The summed E-state index contributed by atoms with van der Waals surface area (Å²) in [5.74, 6) is -0.289. The van der Waals surface area contributed by atoms with Crippen molar-refractivity contribution in [3.63, 3.8) is 0 Å². The van der Waals surface area contributed by atoms with Crippen LogP contribution in [0.2, 0.25) is 5.02 Å². The van der Waals surface area contributed by atoms with Crippen molar-refractivity contribution in [2.45, 2.75) is 31.7 Å². The average Bonchev–Trinajstić information content (AvgIpc) is 2.71. The molecule has 0 aliphatic rings. The first-order chi connectivity index (χ1) is 14.2. The fourth-order valence-electron chi connectivity index (χ4n) is 3.13. The number of carbonyl (C=O) groups excluding carboxylic acids is 1. The van der Waals surface area contributed by atoms with Crippen LogP contribution in [-0.2, 0) is 10.0 Å². The molecular formula is C23H23ClN2O3S. The van der Waals surface area contributed by atoms with E-state index in [1.165, 1.54) is 24.3 Å². The molecule has 0 fully saturated rings. The number of halogens is 1. The minimum absolute atomic E-state index is 0.130. The third-order valence-corrected chi connectivity index (χ3v) is 6.47. The maximum Gasteiger partial charge on any atom is 0.261 e. The number of carbonyl (C=O) groups is 1. The van der Waals surface area contributed by atoms with E-state index in [1.807, 2.05) is 32.9 Å². The Labute approximate surface area is 182 Å². The fourth-order valence-corrected chi connectivity index (χ4v) is 4.51. The molecule has 0 heterocycles. The molecule has 0 saturated heterocycles. The second kappa shape index (κ2) is 8.90. The number of amides is 1. The van der Waals surface area contributed by atoms with Crippen LogP contribution in [0, 0.1) is 13.8 Å². The Morgan fingerprint density at radius 1 is 0.967 bits per heavy atom. The van der Waals surface area contributed by atoms with Crippen LogP contribution in [0.5, 0.6) is 0 Å². The van der Waals surface area contributed by atoms with Gasteiger partial charge in [0.1, 0.15) is 0 Å². The van der Waals surface area contributed by atoms with Crippen molar-refractivity contribution >= 4 is 33.2 Å². The highest BCUT2D eigenvalue weighted by molar-refractivity contribution is 7.92. The summed E-state index contributed by atoms with van der Waals surface area (Å²) in [6.45, 7) is 5.93. The Hall–Kier alpha value is -2.83.